The van der Waals surface area contributed by atoms with Crippen molar-refractivity contribution in [1.29, 1.82) is 0 Å². The fraction of sp³-hybridized carbons (Fsp3) is 0.500. The van der Waals surface area contributed by atoms with Gasteiger partial charge < -0.3 is 10.2 Å². The standard InChI is InChI=1S/C14H21N3O3S/c1-15-7-9-16(2)14(18)12-5-3-6-13(11-12)17-8-4-10-21(17,19)20/h3,5-6,11,15H,4,7-10H2,1-2H3. The third-order valence-electron chi connectivity index (χ3n) is 3.52. The van der Waals surface area contributed by atoms with Crippen molar-refractivity contribution in [2.24, 2.45) is 0 Å². The molecule has 1 aliphatic rings. The number of benzene rings is 1. The van der Waals surface area contributed by atoms with Crippen LogP contribution in [-0.2, 0) is 10.0 Å². The summed E-state index contributed by atoms with van der Waals surface area (Å²) in [5.74, 6) is 0.0662. The van der Waals surface area contributed by atoms with Crippen molar-refractivity contribution in [1.82, 2.24) is 10.2 Å². The summed E-state index contributed by atoms with van der Waals surface area (Å²) in [6.45, 7) is 1.79. The van der Waals surface area contributed by atoms with E-state index in [4.69, 9.17) is 0 Å². The minimum absolute atomic E-state index is 0.108. The Morgan fingerprint density at radius 3 is 2.81 bits per heavy atom. The molecule has 1 heterocycles. The quantitative estimate of drug-likeness (QED) is 0.860. The molecule has 0 unspecified atom stereocenters. The lowest BCUT2D eigenvalue weighted by molar-refractivity contribution is 0.0797. The van der Waals surface area contributed by atoms with Gasteiger partial charge in [-0.25, -0.2) is 8.42 Å². The summed E-state index contributed by atoms with van der Waals surface area (Å²) in [4.78, 5) is 13.9. The molecule has 1 N–H and O–H groups in total. The minimum atomic E-state index is -3.22. The first-order valence-corrected chi connectivity index (χ1v) is 8.57. The highest BCUT2D eigenvalue weighted by atomic mass is 32.2. The average Bonchev–Trinajstić information content (AvgIpc) is 2.83. The van der Waals surface area contributed by atoms with Crippen LogP contribution in [0.2, 0.25) is 0 Å². The maximum absolute atomic E-state index is 12.3. The lowest BCUT2D eigenvalue weighted by Gasteiger charge is -2.20. The number of rotatable bonds is 5. The fourth-order valence-corrected chi connectivity index (χ4v) is 3.88. The van der Waals surface area contributed by atoms with Gasteiger partial charge in [0.05, 0.1) is 11.4 Å². The Kier molecular flexibility index (Phi) is 4.84. The van der Waals surface area contributed by atoms with E-state index >= 15 is 0 Å². The minimum Gasteiger partial charge on any atom is -0.340 e. The smallest absolute Gasteiger partial charge is 0.253 e. The van der Waals surface area contributed by atoms with E-state index in [1.165, 1.54) is 4.31 Å². The van der Waals surface area contributed by atoms with Crippen LogP contribution in [0.4, 0.5) is 5.69 Å². The molecule has 1 saturated heterocycles. The van der Waals surface area contributed by atoms with Gasteiger partial charge in [-0.3, -0.25) is 9.10 Å². The lowest BCUT2D eigenvalue weighted by atomic mass is 10.1. The third kappa shape index (κ3) is 3.54. The van der Waals surface area contributed by atoms with Gasteiger partial charge in [0.15, 0.2) is 0 Å². The number of likely N-dealkylation sites (N-methyl/N-ethyl adjacent to an activating group) is 2. The molecule has 0 bridgehead atoms. The number of anilines is 1. The van der Waals surface area contributed by atoms with Crippen molar-refractivity contribution in [3.8, 4) is 0 Å². The summed E-state index contributed by atoms with van der Waals surface area (Å²) in [5.41, 5.74) is 1.08. The van der Waals surface area contributed by atoms with E-state index in [0.29, 0.717) is 37.3 Å². The van der Waals surface area contributed by atoms with Crippen LogP contribution in [0.3, 0.4) is 0 Å². The molecular weight excluding hydrogens is 290 g/mol. The molecule has 0 aromatic heterocycles. The van der Waals surface area contributed by atoms with Gasteiger partial charge in [0.1, 0.15) is 0 Å². The number of amides is 1. The van der Waals surface area contributed by atoms with Crippen LogP contribution in [0.15, 0.2) is 24.3 Å². The van der Waals surface area contributed by atoms with Crippen molar-refractivity contribution in [3.63, 3.8) is 0 Å². The zero-order chi connectivity index (χ0) is 15.5. The second kappa shape index (κ2) is 6.44. The van der Waals surface area contributed by atoms with Gasteiger partial charge in [0.2, 0.25) is 10.0 Å². The number of nitrogens with one attached hydrogen (secondary N) is 1. The van der Waals surface area contributed by atoms with Gasteiger partial charge in [-0.2, -0.15) is 0 Å². The highest BCUT2D eigenvalue weighted by Gasteiger charge is 2.28. The van der Waals surface area contributed by atoms with Crippen LogP contribution in [-0.4, -0.2) is 58.7 Å². The summed E-state index contributed by atoms with van der Waals surface area (Å²) in [5, 5.41) is 2.99. The maximum atomic E-state index is 12.3. The van der Waals surface area contributed by atoms with E-state index < -0.39 is 10.0 Å². The second-order valence-electron chi connectivity index (χ2n) is 5.12. The molecule has 2 rings (SSSR count). The average molecular weight is 311 g/mol. The van der Waals surface area contributed by atoms with Crippen LogP contribution >= 0.6 is 0 Å². The lowest BCUT2D eigenvalue weighted by Crippen LogP contribution is -2.33. The van der Waals surface area contributed by atoms with Crippen LogP contribution < -0.4 is 9.62 Å². The molecule has 1 aromatic carbocycles. The van der Waals surface area contributed by atoms with Crippen LogP contribution in [0, 0.1) is 0 Å². The number of hydrogen-bond donors (Lipinski definition) is 1. The monoisotopic (exact) mass is 311 g/mol. The van der Waals surface area contributed by atoms with E-state index in [-0.39, 0.29) is 11.7 Å². The molecule has 21 heavy (non-hydrogen) atoms. The molecule has 7 heteroatoms. The molecule has 0 radical (unpaired) electrons. The predicted molar refractivity (Wildman–Crippen MR) is 83.1 cm³/mol. The van der Waals surface area contributed by atoms with Crippen LogP contribution in [0.5, 0.6) is 0 Å². The largest absolute Gasteiger partial charge is 0.340 e. The fourth-order valence-electron chi connectivity index (χ4n) is 2.33. The van der Waals surface area contributed by atoms with Gasteiger partial charge >= 0.3 is 0 Å². The van der Waals surface area contributed by atoms with Crippen LogP contribution in [0.25, 0.3) is 0 Å². The molecule has 6 nitrogen and oxygen atoms in total. The molecule has 1 aliphatic heterocycles. The summed E-state index contributed by atoms with van der Waals surface area (Å²) in [6, 6.07) is 6.82. The molecular formula is C14H21N3O3S. The zero-order valence-corrected chi connectivity index (χ0v) is 13.2. The second-order valence-corrected chi connectivity index (χ2v) is 7.14. The van der Waals surface area contributed by atoms with E-state index in [1.807, 2.05) is 7.05 Å². The Labute approximate surface area is 125 Å². The highest BCUT2D eigenvalue weighted by molar-refractivity contribution is 7.93. The molecule has 1 amide bonds. The summed E-state index contributed by atoms with van der Waals surface area (Å²) in [7, 11) is 0.347. The number of hydrogen-bond acceptors (Lipinski definition) is 4. The van der Waals surface area contributed by atoms with Gasteiger partial charge in [-0.15, -0.1) is 0 Å². The van der Waals surface area contributed by atoms with E-state index in [0.717, 1.165) is 0 Å². The van der Waals surface area contributed by atoms with Gasteiger partial charge in [-0.1, -0.05) is 6.07 Å². The van der Waals surface area contributed by atoms with E-state index in [9.17, 15) is 13.2 Å². The van der Waals surface area contributed by atoms with Gasteiger partial charge in [-0.05, 0) is 31.7 Å². The van der Waals surface area contributed by atoms with Gasteiger partial charge in [0, 0.05) is 32.2 Å². The maximum Gasteiger partial charge on any atom is 0.253 e. The summed E-state index contributed by atoms with van der Waals surface area (Å²) >= 11 is 0. The van der Waals surface area contributed by atoms with Crippen molar-refractivity contribution < 1.29 is 13.2 Å². The molecule has 0 aliphatic carbocycles. The molecule has 0 spiro atoms. The number of carbonyl (C=O) groups excluding carboxylic acids is 1. The Hall–Kier alpha value is -1.60. The topological polar surface area (TPSA) is 69.7 Å². The molecule has 1 fully saturated rings. The molecule has 116 valence electrons. The zero-order valence-electron chi connectivity index (χ0n) is 12.4. The molecule has 1 aromatic rings. The first-order valence-electron chi connectivity index (χ1n) is 6.96. The van der Waals surface area contributed by atoms with Crippen LogP contribution in [0.1, 0.15) is 16.8 Å². The Bertz CT molecular complexity index is 616. The Morgan fingerprint density at radius 1 is 1.43 bits per heavy atom. The van der Waals surface area contributed by atoms with Gasteiger partial charge in [0.25, 0.3) is 5.91 Å². The molecule has 0 saturated carbocycles. The first-order chi connectivity index (χ1) is 9.95. The van der Waals surface area contributed by atoms with E-state index in [1.54, 1.807) is 36.2 Å². The Morgan fingerprint density at radius 2 is 2.19 bits per heavy atom. The molecule has 0 atom stereocenters. The number of sulfonamides is 1. The third-order valence-corrected chi connectivity index (χ3v) is 5.39. The highest BCUT2D eigenvalue weighted by Crippen LogP contribution is 2.25. The van der Waals surface area contributed by atoms with E-state index in [2.05, 4.69) is 5.32 Å². The van der Waals surface area contributed by atoms with Crippen molar-refractivity contribution in [3.05, 3.63) is 29.8 Å². The summed E-state index contributed by atoms with van der Waals surface area (Å²) in [6.07, 6.45) is 0.628. The van der Waals surface area contributed by atoms with Crippen molar-refractivity contribution >= 4 is 21.6 Å². The van der Waals surface area contributed by atoms with Crippen molar-refractivity contribution in [2.75, 3.05) is 43.8 Å². The normalized spacial score (nSPS) is 17.0. The van der Waals surface area contributed by atoms with Crippen molar-refractivity contribution in [2.45, 2.75) is 6.42 Å². The number of nitrogens with zero attached hydrogens (tertiary/aromatic N) is 2. The summed E-state index contributed by atoms with van der Waals surface area (Å²) < 4.78 is 25.3. The number of carbonyl (C=O) groups is 1. The Balaban J connectivity index is 2.20. The SMILES string of the molecule is CNCCN(C)C(=O)c1cccc(N2CCCS2(=O)=O)c1. The predicted octanol–water partition coefficient (Wildman–Crippen LogP) is 0.518. The first kappa shape index (κ1) is 15.8.